The fourth-order valence-electron chi connectivity index (χ4n) is 3.23. The van der Waals surface area contributed by atoms with Gasteiger partial charge in [0.1, 0.15) is 16.1 Å². The van der Waals surface area contributed by atoms with Crippen molar-refractivity contribution in [3.8, 4) is 10.6 Å². The Morgan fingerprint density at radius 3 is 2.73 bits per heavy atom. The van der Waals surface area contributed by atoms with Crippen molar-refractivity contribution in [3.63, 3.8) is 0 Å². The number of hydrogen-bond acceptors (Lipinski definition) is 6. The Morgan fingerprint density at radius 1 is 1.07 bits per heavy atom. The van der Waals surface area contributed by atoms with Crippen LogP contribution in [0.25, 0.3) is 31.0 Å². The normalized spacial score (nSPS) is 11.2. The summed E-state index contributed by atoms with van der Waals surface area (Å²) in [6.07, 6.45) is 1.44. The van der Waals surface area contributed by atoms with Crippen LogP contribution in [0.3, 0.4) is 0 Å². The van der Waals surface area contributed by atoms with Gasteiger partial charge in [-0.3, -0.25) is 14.2 Å². The van der Waals surface area contributed by atoms with Crippen LogP contribution in [0.2, 0.25) is 0 Å². The molecule has 0 saturated carbocycles. The molecule has 1 N–H and O–H groups in total. The first-order chi connectivity index (χ1) is 14.7. The monoisotopic (exact) mass is 432 g/mol. The molecule has 0 fully saturated rings. The van der Waals surface area contributed by atoms with Crippen LogP contribution in [0, 0.1) is 0 Å². The molecule has 30 heavy (non-hydrogen) atoms. The molecule has 1 aromatic carbocycles. The second-order valence-corrected chi connectivity index (χ2v) is 8.69. The second kappa shape index (κ2) is 7.81. The summed E-state index contributed by atoms with van der Waals surface area (Å²) in [6.45, 7) is 0.346. The van der Waals surface area contributed by atoms with Gasteiger partial charge in [0.2, 0.25) is 5.91 Å². The zero-order valence-electron chi connectivity index (χ0n) is 15.7. The van der Waals surface area contributed by atoms with Gasteiger partial charge in [0.15, 0.2) is 0 Å². The molecule has 0 atom stereocenters. The van der Waals surface area contributed by atoms with Crippen molar-refractivity contribution >= 4 is 49.0 Å². The Bertz CT molecular complexity index is 1410. The van der Waals surface area contributed by atoms with E-state index >= 15 is 0 Å². The summed E-state index contributed by atoms with van der Waals surface area (Å²) in [5, 5.41) is 5.70. The predicted octanol–water partition coefficient (Wildman–Crippen LogP) is 4.05. The van der Waals surface area contributed by atoms with Crippen LogP contribution in [0.4, 0.5) is 0 Å². The molecule has 0 radical (unpaired) electrons. The molecule has 0 unspecified atom stereocenters. The number of pyridine rings is 1. The number of fused-ring (bicyclic) bond motifs is 3. The van der Waals surface area contributed by atoms with Gasteiger partial charge < -0.3 is 5.32 Å². The molecular formula is C22H16N4O2S2. The van der Waals surface area contributed by atoms with E-state index in [1.165, 1.54) is 22.2 Å². The number of nitrogens with zero attached hydrogens (tertiary/aromatic N) is 3. The molecule has 4 aromatic heterocycles. The molecule has 5 rings (SSSR count). The molecule has 0 spiro atoms. The average Bonchev–Trinajstić information content (AvgIpc) is 3.43. The third-order valence-corrected chi connectivity index (χ3v) is 6.70. The topological polar surface area (TPSA) is 76.9 Å². The SMILES string of the molecule is O=C(Cn1cnc2c(sc3nc(-c4cccs4)ccc32)c1=O)NCc1ccccc1. The Hall–Kier alpha value is -3.36. The fraction of sp³-hybridized carbons (Fsp3) is 0.0909. The third-order valence-electron chi connectivity index (χ3n) is 4.73. The average molecular weight is 433 g/mol. The van der Waals surface area contributed by atoms with E-state index in [1.807, 2.05) is 60.0 Å². The third kappa shape index (κ3) is 3.51. The fourth-order valence-corrected chi connectivity index (χ4v) is 5.00. The van der Waals surface area contributed by atoms with Gasteiger partial charge in [-0.1, -0.05) is 36.4 Å². The largest absolute Gasteiger partial charge is 0.350 e. The van der Waals surface area contributed by atoms with Crippen molar-refractivity contribution in [2.45, 2.75) is 13.1 Å². The van der Waals surface area contributed by atoms with E-state index in [0.717, 1.165) is 26.4 Å². The summed E-state index contributed by atoms with van der Waals surface area (Å²) >= 11 is 2.94. The lowest BCUT2D eigenvalue weighted by Gasteiger charge is -2.07. The molecule has 4 heterocycles. The first kappa shape index (κ1) is 18.7. The number of thiophene rings is 2. The van der Waals surface area contributed by atoms with Gasteiger partial charge in [-0.15, -0.1) is 22.7 Å². The van der Waals surface area contributed by atoms with Gasteiger partial charge in [-0.25, -0.2) is 9.97 Å². The van der Waals surface area contributed by atoms with Crippen molar-refractivity contribution in [1.82, 2.24) is 19.9 Å². The lowest BCUT2D eigenvalue weighted by Crippen LogP contribution is -2.31. The zero-order chi connectivity index (χ0) is 20.5. The Morgan fingerprint density at radius 2 is 1.93 bits per heavy atom. The summed E-state index contributed by atoms with van der Waals surface area (Å²) in [5.74, 6) is -0.235. The highest BCUT2D eigenvalue weighted by Gasteiger charge is 2.15. The maximum atomic E-state index is 12.9. The summed E-state index contributed by atoms with van der Waals surface area (Å²) in [6, 6.07) is 17.6. The van der Waals surface area contributed by atoms with E-state index in [4.69, 9.17) is 4.98 Å². The molecule has 1 amide bonds. The standard InChI is InChI=1S/C22H16N4O2S2/c27-18(23-11-14-5-2-1-3-6-14)12-26-13-24-19-15-8-9-16(17-7-4-10-29-17)25-21(15)30-20(19)22(26)28/h1-10,13H,11-12H2,(H,23,27). The molecule has 148 valence electrons. The van der Waals surface area contributed by atoms with Gasteiger partial charge in [0.05, 0.1) is 22.4 Å². The number of nitrogens with one attached hydrogen (secondary N) is 1. The lowest BCUT2D eigenvalue weighted by molar-refractivity contribution is -0.121. The summed E-state index contributed by atoms with van der Waals surface area (Å²) in [5.41, 5.74) is 2.29. The number of carbonyl (C=O) groups is 1. The molecule has 0 aliphatic carbocycles. The van der Waals surface area contributed by atoms with Gasteiger partial charge in [0.25, 0.3) is 5.56 Å². The van der Waals surface area contributed by atoms with Gasteiger partial charge in [-0.05, 0) is 29.1 Å². The van der Waals surface area contributed by atoms with Crippen LogP contribution >= 0.6 is 22.7 Å². The van der Waals surface area contributed by atoms with Crippen molar-refractivity contribution in [1.29, 1.82) is 0 Å². The number of amides is 1. The molecule has 6 nitrogen and oxygen atoms in total. The Kier molecular flexibility index (Phi) is 4.86. The van der Waals surface area contributed by atoms with Crippen LogP contribution in [0.5, 0.6) is 0 Å². The maximum absolute atomic E-state index is 12.9. The summed E-state index contributed by atoms with van der Waals surface area (Å²) < 4.78 is 1.86. The minimum Gasteiger partial charge on any atom is -0.350 e. The Labute approximate surface area is 179 Å². The van der Waals surface area contributed by atoms with Crippen molar-refractivity contribution < 1.29 is 4.79 Å². The van der Waals surface area contributed by atoms with E-state index in [-0.39, 0.29) is 18.0 Å². The predicted molar refractivity (Wildman–Crippen MR) is 121 cm³/mol. The molecular weight excluding hydrogens is 416 g/mol. The van der Waals surface area contributed by atoms with E-state index in [2.05, 4.69) is 10.3 Å². The smallest absolute Gasteiger partial charge is 0.271 e. The van der Waals surface area contributed by atoms with E-state index in [9.17, 15) is 9.59 Å². The second-order valence-electron chi connectivity index (χ2n) is 6.75. The minimum absolute atomic E-state index is 0.0727. The number of benzene rings is 1. The zero-order valence-corrected chi connectivity index (χ0v) is 17.4. The first-order valence-electron chi connectivity index (χ1n) is 9.32. The molecule has 0 saturated heterocycles. The number of hydrogen-bond donors (Lipinski definition) is 1. The van der Waals surface area contributed by atoms with Crippen LogP contribution in [-0.2, 0) is 17.9 Å². The number of aromatic nitrogens is 3. The highest BCUT2D eigenvalue weighted by Crippen LogP contribution is 2.32. The highest BCUT2D eigenvalue weighted by atomic mass is 32.1. The van der Waals surface area contributed by atoms with E-state index < -0.39 is 0 Å². The van der Waals surface area contributed by atoms with Crippen molar-refractivity contribution in [2.75, 3.05) is 0 Å². The summed E-state index contributed by atoms with van der Waals surface area (Å²) in [4.78, 5) is 36.3. The van der Waals surface area contributed by atoms with E-state index in [1.54, 1.807) is 11.3 Å². The molecule has 0 aliphatic heterocycles. The van der Waals surface area contributed by atoms with Crippen molar-refractivity contribution in [2.24, 2.45) is 0 Å². The van der Waals surface area contributed by atoms with Crippen LogP contribution in [0.1, 0.15) is 5.56 Å². The van der Waals surface area contributed by atoms with Crippen LogP contribution in [0.15, 0.2) is 71.1 Å². The first-order valence-corrected chi connectivity index (χ1v) is 11.0. The van der Waals surface area contributed by atoms with Crippen LogP contribution in [-0.4, -0.2) is 20.4 Å². The van der Waals surface area contributed by atoms with Gasteiger partial charge in [0, 0.05) is 11.9 Å². The maximum Gasteiger partial charge on any atom is 0.271 e. The Balaban J connectivity index is 1.42. The molecule has 5 aromatic rings. The molecule has 0 bridgehead atoms. The lowest BCUT2D eigenvalue weighted by atomic mass is 10.2. The number of rotatable bonds is 5. The molecule has 0 aliphatic rings. The summed E-state index contributed by atoms with van der Waals surface area (Å²) in [7, 11) is 0. The quantitative estimate of drug-likeness (QED) is 0.455. The van der Waals surface area contributed by atoms with E-state index in [0.29, 0.717) is 16.8 Å². The van der Waals surface area contributed by atoms with Crippen molar-refractivity contribution in [3.05, 3.63) is 82.2 Å². The molecule has 8 heteroatoms. The minimum atomic E-state index is -0.235. The van der Waals surface area contributed by atoms with Gasteiger partial charge >= 0.3 is 0 Å². The highest BCUT2D eigenvalue weighted by molar-refractivity contribution is 7.25. The van der Waals surface area contributed by atoms with Crippen LogP contribution < -0.4 is 10.9 Å². The number of carbonyl (C=O) groups excluding carboxylic acids is 1. The van der Waals surface area contributed by atoms with Gasteiger partial charge in [-0.2, -0.15) is 0 Å².